The molecule has 0 bridgehead atoms. The molecule has 1 saturated heterocycles. The first-order chi connectivity index (χ1) is 10.2. The van der Waals surface area contributed by atoms with Crippen LogP contribution in [0, 0.1) is 0 Å². The van der Waals surface area contributed by atoms with Crippen LogP contribution in [0.4, 0.5) is 0 Å². The fourth-order valence-electron chi connectivity index (χ4n) is 2.94. The van der Waals surface area contributed by atoms with E-state index in [4.69, 9.17) is 11.6 Å². The Morgan fingerprint density at radius 3 is 2.52 bits per heavy atom. The number of benzene rings is 1. The maximum atomic E-state index is 6.33. The normalized spacial score (nSPS) is 18.8. The van der Waals surface area contributed by atoms with Gasteiger partial charge in [-0.25, -0.2) is 0 Å². The van der Waals surface area contributed by atoms with Crippen molar-refractivity contribution in [1.82, 2.24) is 9.80 Å². The van der Waals surface area contributed by atoms with Crippen LogP contribution in [0.25, 0.3) is 0 Å². The molecule has 1 aromatic heterocycles. The van der Waals surface area contributed by atoms with E-state index in [1.54, 1.807) is 0 Å². The summed E-state index contributed by atoms with van der Waals surface area (Å²) < 4.78 is 0. The van der Waals surface area contributed by atoms with Crippen molar-refractivity contribution in [3.05, 3.63) is 57.2 Å². The number of rotatable bonds is 4. The lowest BCUT2D eigenvalue weighted by atomic mass is 10.1. The Balaban J connectivity index is 1.57. The molecule has 2 heterocycles. The van der Waals surface area contributed by atoms with E-state index in [2.05, 4.69) is 46.4 Å². The van der Waals surface area contributed by atoms with Gasteiger partial charge in [-0.05, 0) is 30.0 Å². The number of thiophene rings is 1. The Morgan fingerprint density at radius 1 is 1.10 bits per heavy atom. The van der Waals surface area contributed by atoms with Crippen molar-refractivity contribution in [2.24, 2.45) is 0 Å². The van der Waals surface area contributed by atoms with Crippen LogP contribution in [0.2, 0.25) is 5.02 Å². The van der Waals surface area contributed by atoms with Crippen LogP contribution in [-0.2, 0) is 6.54 Å². The minimum absolute atomic E-state index is 0.391. The highest BCUT2D eigenvalue weighted by Gasteiger charge is 2.23. The van der Waals surface area contributed by atoms with Crippen LogP contribution in [0.5, 0.6) is 0 Å². The SMILES string of the molecule is CC(c1ccccc1Cl)N1CCN(Cc2cccs2)CC1. The fraction of sp³-hybridized carbons (Fsp3) is 0.412. The van der Waals surface area contributed by atoms with Crippen molar-refractivity contribution in [1.29, 1.82) is 0 Å². The molecule has 0 saturated carbocycles. The van der Waals surface area contributed by atoms with Crippen LogP contribution in [0.1, 0.15) is 23.4 Å². The molecule has 0 aliphatic carbocycles. The molecule has 1 aromatic carbocycles. The second-order valence-electron chi connectivity index (χ2n) is 5.59. The van der Waals surface area contributed by atoms with Crippen molar-refractivity contribution >= 4 is 22.9 Å². The van der Waals surface area contributed by atoms with Gasteiger partial charge >= 0.3 is 0 Å². The monoisotopic (exact) mass is 320 g/mol. The molecule has 1 fully saturated rings. The largest absolute Gasteiger partial charge is 0.296 e. The summed E-state index contributed by atoms with van der Waals surface area (Å²) in [7, 11) is 0. The molecule has 0 N–H and O–H groups in total. The van der Waals surface area contributed by atoms with Crippen LogP contribution in [-0.4, -0.2) is 36.0 Å². The molecule has 1 atom stereocenters. The number of hydrogen-bond donors (Lipinski definition) is 0. The lowest BCUT2D eigenvalue weighted by molar-refractivity contribution is 0.0985. The molecular weight excluding hydrogens is 300 g/mol. The van der Waals surface area contributed by atoms with Gasteiger partial charge in [0.2, 0.25) is 0 Å². The average molecular weight is 321 g/mol. The zero-order valence-electron chi connectivity index (χ0n) is 12.3. The van der Waals surface area contributed by atoms with Crippen molar-refractivity contribution in [2.75, 3.05) is 26.2 Å². The third-order valence-corrected chi connectivity index (χ3v) is 5.47. The molecule has 112 valence electrons. The lowest BCUT2D eigenvalue weighted by Gasteiger charge is -2.38. The van der Waals surface area contributed by atoms with E-state index in [-0.39, 0.29) is 0 Å². The second kappa shape index (κ2) is 6.93. The second-order valence-corrected chi connectivity index (χ2v) is 7.03. The zero-order valence-corrected chi connectivity index (χ0v) is 13.9. The summed E-state index contributed by atoms with van der Waals surface area (Å²) in [5.41, 5.74) is 1.24. The summed E-state index contributed by atoms with van der Waals surface area (Å²) in [6.45, 7) is 7.83. The highest BCUT2D eigenvalue weighted by molar-refractivity contribution is 7.09. The van der Waals surface area contributed by atoms with E-state index in [0.29, 0.717) is 6.04 Å². The molecule has 1 aliphatic rings. The molecule has 1 aliphatic heterocycles. The van der Waals surface area contributed by atoms with Gasteiger partial charge in [0.15, 0.2) is 0 Å². The van der Waals surface area contributed by atoms with E-state index < -0.39 is 0 Å². The van der Waals surface area contributed by atoms with Gasteiger partial charge in [-0.2, -0.15) is 0 Å². The molecule has 0 radical (unpaired) electrons. The summed E-state index contributed by atoms with van der Waals surface area (Å²) in [5, 5.41) is 3.04. The summed E-state index contributed by atoms with van der Waals surface area (Å²) in [4.78, 5) is 6.54. The molecule has 2 aromatic rings. The Bertz CT molecular complexity index is 562. The summed E-state index contributed by atoms with van der Waals surface area (Å²) >= 11 is 8.18. The Hall–Kier alpha value is -0.870. The predicted molar refractivity (Wildman–Crippen MR) is 91.0 cm³/mol. The van der Waals surface area contributed by atoms with Crippen molar-refractivity contribution in [3.8, 4) is 0 Å². The van der Waals surface area contributed by atoms with Crippen LogP contribution in [0.3, 0.4) is 0 Å². The molecule has 0 spiro atoms. The summed E-state index contributed by atoms with van der Waals surface area (Å²) in [5.74, 6) is 0. The van der Waals surface area contributed by atoms with Gasteiger partial charge < -0.3 is 0 Å². The molecule has 2 nitrogen and oxygen atoms in total. The molecule has 4 heteroatoms. The molecule has 1 unspecified atom stereocenters. The van der Waals surface area contributed by atoms with E-state index in [1.807, 2.05) is 23.5 Å². The first-order valence-corrected chi connectivity index (χ1v) is 8.73. The zero-order chi connectivity index (χ0) is 14.7. The third kappa shape index (κ3) is 3.67. The van der Waals surface area contributed by atoms with E-state index in [1.165, 1.54) is 10.4 Å². The first-order valence-electron chi connectivity index (χ1n) is 7.47. The number of hydrogen-bond acceptors (Lipinski definition) is 3. The predicted octanol–water partition coefficient (Wildman–Crippen LogP) is 4.28. The van der Waals surface area contributed by atoms with Crippen molar-refractivity contribution < 1.29 is 0 Å². The van der Waals surface area contributed by atoms with E-state index >= 15 is 0 Å². The third-order valence-electron chi connectivity index (χ3n) is 4.27. The smallest absolute Gasteiger partial charge is 0.0453 e. The van der Waals surface area contributed by atoms with Crippen LogP contribution in [0.15, 0.2) is 41.8 Å². The maximum Gasteiger partial charge on any atom is 0.0453 e. The van der Waals surface area contributed by atoms with Crippen LogP contribution < -0.4 is 0 Å². The van der Waals surface area contributed by atoms with Gasteiger partial charge in [-0.1, -0.05) is 35.9 Å². The fourth-order valence-corrected chi connectivity index (χ4v) is 3.98. The standard InChI is InChI=1S/C17H21ClN2S/c1-14(16-6-2-3-7-17(16)18)20-10-8-19(9-11-20)13-15-5-4-12-21-15/h2-7,12,14H,8-11,13H2,1H3. The number of halogens is 1. The Kier molecular flexibility index (Phi) is 4.96. The van der Waals surface area contributed by atoms with Gasteiger partial charge in [-0.3, -0.25) is 9.80 Å². The van der Waals surface area contributed by atoms with Gasteiger partial charge in [0, 0.05) is 48.7 Å². The summed E-state index contributed by atoms with van der Waals surface area (Å²) in [6.07, 6.45) is 0. The van der Waals surface area contributed by atoms with Crippen LogP contribution >= 0.6 is 22.9 Å². The maximum absolute atomic E-state index is 6.33. The lowest BCUT2D eigenvalue weighted by Crippen LogP contribution is -2.46. The van der Waals surface area contributed by atoms with Gasteiger partial charge in [-0.15, -0.1) is 11.3 Å². The minimum atomic E-state index is 0.391. The minimum Gasteiger partial charge on any atom is -0.296 e. The number of piperazine rings is 1. The van der Waals surface area contributed by atoms with E-state index in [9.17, 15) is 0 Å². The topological polar surface area (TPSA) is 6.48 Å². The van der Waals surface area contributed by atoms with Crippen molar-refractivity contribution in [2.45, 2.75) is 19.5 Å². The highest BCUT2D eigenvalue weighted by Crippen LogP contribution is 2.28. The molecule has 21 heavy (non-hydrogen) atoms. The number of nitrogens with zero attached hydrogens (tertiary/aromatic N) is 2. The van der Waals surface area contributed by atoms with E-state index in [0.717, 1.165) is 37.7 Å². The quantitative estimate of drug-likeness (QED) is 0.829. The summed E-state index contributed by atoms with van der Waals surface area (Å²) in [6, 6.07) is 13.0. The molecule has 3 rings (SSSR count). The molecular formula is C17H21ClN2S. The van der Waals surface area contributed by atoms with Gasteiger partial charge in [0.25, 0.3) is 0 Å². The first kappa shape index (κ1) is 15.0. The van der Waals surface area contributed by atoms with Gasteiger partial charge in [0.1, 0.15) is 0 Å². The Morgan fingerprint density at radius 2 is 1.86 bits per heavy atom. The molecule has 0 amide bonds. The Labute approximate surface area is 136 Å². The van der Waals surface area contributed by atoms with Gasteiger partial charge in [0.05, 0.1) is 0 Å². The average Bonchev–Trinajstić information content (AvgIpc) is 3.01. The van der Waals surface area contributed by atoms with Crippen molar-refractivity contribution in [3.63, 3.8) is 0 Å². The highest BCUT2D eigenvalue weighted by atomic mass is 35.5.